The molecule has 0 spiro atoms. The van der Waals surface area contributed by atoms with Crippen LogP contribution in [0.1, 0.15) is 31.4 Å². The third kappa shape index (κ3) is 6.55. The van der Waals surface area contributed by atoms with Crippen LogP contribution in [0, 0.1) is 5.92 Å². The maximum atomic E-state index is 13.0. The molecule has 2 atom stereocenters. The first-order chi connectivity index (χ1) is 15.9. The number of hydrogen-bond acceptors (Lipinski definition) is 5. The quantitative estimate of drug-likeness (QED) is 0.506. The molecule has 174 valence electrons. The molecule has 1 fully saturated rings. The number of imide groups is 1. The first kappa shape index (κ1) is 23.8. The van der Waals surface area contributed by atoms with E-state index in [0.29, 0.717) is 17.7 Å². The Morgan fingerprint density at radius 3 is 2.48 bits per heavy atom. The summed E-state index contributed by atoms with van der Waals surface area (Å²) in [7, 11) is 0. The maximum Gasteiger partial charge on any atom is 0.408 e. The third-order valence-electron chi connectivity index (χ3n) is 5.45. The molecule has 2 aromatic carbocycles. The second-order valence-electron chi connectivity index (χ2n) is 7.90. The lowest BCUT2D eigenvalue weighted by molar-refractivity contribution is -0.125. The Kier molecular flexibility index (Phi) is 8.01. The number of alkyl carbamates (subject to hydrolysis) is 1. The number of ether oxygens (including phenoxy) is 1. The zero-order valence-corrected chi connectivity index (χ0v) is 18.7. The normalized spacial score (nSPS) is 14.9. The summed E-state index contributed by atoms with van der Waals surface area (Å²) in [6, 6.07) is 14.9. The molecule has 0 saturated carbocycles. The summed E-state index contributed by atoms with van der Waals surface area (Å²) in [4.78, 5) is 50.0. The second-order valence-corrected chi connectivity index (χ2v) is 7.90. The summed E-state index contributed by atoms with van der Waals surface area (Å²) in [6.45, 7) is 3.99. The highest BCUT2D eigenvalue weighted by Gasteiger charge is 2.29. The average Bonchev–Trinajstić information content (AvgIpc) is 3.13. The number of urea groups is 1. The predicted molar refractivity (Wildman–Crippen MR) is 122 cm³/mol. The molecule has 5 amide bonds. The van der Waals surface area contributed by atoms with E-state index in [1.54, 1.807) is 24.3 Å². The number of anilines is 1. The monoisotopic (exact) mass is 452 g/mol. The molecule has 33 heavy (non-hydrogen) atoms. The summed E-state index contributed by atoms with van der Waals surface area (Å²) < 4.78 is 5.26. The Bertz CT molecular complexity index is 995. The summed E-state index contributed by atoms with van der Waals surface area (Å²) in [5.41, 5.74) is 2.03. The summed E-state index contributed by atoms with van der Waals surface area (Å²) in [5, 5.41) is 7.95. The van der Waals surface area contributed by atoms with Gasteiger partial charge in [-0.3, -0.25) is 14.5 Å². The molecule has 1 aliphatic rings. The molecule has 3 rings (SSSR count). The van der Waals surface area contributed by atoms with Gasteiger partial charge in [0.1, 0.15) is 12.6 Å². The highest BCUT2D eigenvalue weighted by Crippen LogP contribution is 2.17. The first-order valence-electron chi connectivity index (χ1n) is 10.8. The van der Waals surface area contributed by atoms with Gasteiger partial charge in [-0.15, -0.1) is 0 Å². The van der Waals surface area contributed by atoms with Gasteiger partial charge < -0.3 is 20.7 Å². The van der Waals surface area contributed by atoms with Gasteiger partial charge in [-0.25, -0.2) is 9.59 Å². The Morgan fingerprint density at radius 1 is 1.09 bits per heavy atom. The molecule has 9 nitrogen and oxygen atoms in total. The Balaban J connectivity index is 1.62. The molecule has 0 aliphatic carbocycles. The third-order valence-corrected chi connectivity index (χ3v) is 5.45. The van der Waals surface area contributed by atoms with Crippen LogP contribution < -0.4 is 16.0 Å². The van der Waals surface area contributed by atoms with Crippen molar-refractivity contribution in [2.24, 2.45) is 5.92 Å². The average molecular weight is 453 g/mol. The van der Waals surface area contributed by atoms with Crippen LogP contribution in [-0.4, -0.2) is 41.4 Å². The minimum atomic E-state index is -0.798. The zero-order valence-electron chi connectivity index (χ0n) is 18.7. The molecule has 0 radical (unpaired) electrons. The van der Waals surface area contributed by atoms with Gasteiger partial charge in [0.15, 0.2) is 0 Å². The molecule has 2 aromatic rings. The second kappa shape index (κ2) is 11.1. The number of carbonyl (C=O) groups excluding carboxylic acids is 4. The van der Waals surface area contributed by atoms with Gasteiger partial charge in [0.05, 0.1) is 13.1 Å². The van der Waals surface area contributed by atoms with Gasteiger partial charge >= 0.3 is 12.1 Å². The molecule has 1 aliphatic heterocycles. The van der Waals surface area contributed by atoms with Crippen molar-refractivity contribution >= 4 is 29.6 Å². The smallest absolute Gasteiger partial charge is 0.408 e. The van der Waals surface area contributed by atoms with E-state index in [2.05, 4.69) is 16.0 Å². The molecular weight excluding hydrogens is 424 g/mol. The van der Waals surface area contributed by atoms with Crippen LogP contribution >= 0.6 is 0 Å². The number of rotatable bonds is 9. The van der Waals surface area contributed by atoms with Crippen LogP contribution in [0.3, 0.4) is 0 Å². The van der Waals surface area contributed by atoms with Gasteiger partial charge in [0.25, 0.3) is 0 Å². The van der Waals surface area contributed by atoms with Gasteiger partial charge in [0, 0.05) is 5.69 Å². The number of hydrogen-bond donors (Lipinski definition) is 3. The molecule has 0 aromatic heterocycles. The van der Waals surface area contributed by atoms with Crippen molar-refractivity contribution < 1.29 is 23.9 Å². The fourth-order valence-corrected chi connectivity index (χ4v) is 3.36. The van der Waals surface area contributed by atoms with E-state index in [0.717, 1.165) is 10.5 Å². The van der Waals surface area contributed by atoms with Crippen molar-refractivity contribution in [3.63, 3.8) is 0 Å². The largest absolute Gasteiger partial charge is 0.445 e. The van der Waals surface area contributed by atoms with Crippen molar-refractivity contribution in [2.45, 2.75) is 39.5 Å². The van der Waals surface area contributed by atoms with Crippen LogP contribution in [0.4, 0.5) is 15.3 Å². The van der Waals surface area contributed by atoms with Crippen molar-refractivity contribution in [2.75, 3.05) is 11.9 Å². The van der Waals surface area contributed by atoms with E-state index in [4.69, 9.17) is 4.74 Å². The Hall–Kier alpha value is -3.88. The van der Waals surface area contributed by atoms with E-state index < -0.39 is 18.2 Å². The molecule has 0 bridgehead atoms. The first-order valence-corrected chi connectivity index (χ1v) is 10.8. The van der Waals surface area contributed by atoms with Gasteiger partial charge in [-0.1, -0.05) is 62.7 Å². The van der Waals surface area contributed by atoms with Gasteiger partial charge in [-0.05, 0) is 29.2 Å². The van der Waals surface area contributed by atoms with Crippen LogP contribution in [0.15, 0.2) is 54.6 Å². The van der Waals surface area contributed by atoms with Crippen molar-refractivity contribution in [3.8, 4) is 0 Å². The number of nitrogens with one attached hydrogen (secondary N) is 3. The van der Waals surface area contributed by atoms with E-state index >= 15 is 0 Å². The number of benzene rings is 2. The fourth-order valence-electron chi connectivity index (χ4n) is 3.36. The maximum absolute atomic E-state index is 13.0. The van der Waals surface area contributed by atoms with Crippen molar-refractivity contribution in [1.29, 1.82) is 0 Å². The van der Waals surface area contributed by atoms with Crippen molar-refractivity contribution in [3.05, 3.63) is 65.7 Å². The van der Waals surface area contributed by atoms with E-state index in [9.17, 15) is 19.2 Å². The van der Waals surface area contributed by atoms with E-state index in [1.165, 1.54) is 0 Å². The van der Waals surface area contributed by atoms with Crippen LogP contribution in [-0.2, 0) is 27.5 Å². The number of nitrogens with zero attached hydrogens (tertiary/aromatic N) is 1. The Labute approximate surface area is 192 Å². The molecule has 0 unspecified atom stereocenters. The Morgan fingerprint density at radius 2 is 1.82 bits per heavy atom. The number of carbonyl (C=O) groups is 4. The van der Waals surface area contributed by atoms with Gasteiger partial charge in [-0.2, -0.15) is 0 Å². The molecule has 1 heterocycles. The van der Waals surface area contributed by atoms with Crippen LogP contribution in [0.25, 0.3) is 0 Å². The predicted octanol–water partition coefficient (Wildman–Crippen LogP) is 3.02. The summed E-state index contributed by atoms with van der Waals surface area (Å²) in [6.07, 6.45) is -0.00452. The molecule has 1 saturated heterocycles. The summed E-state index contributed by atoms with van der Waals surface area (Å²) >= 11 is 0. The lowest BCUT2D eigenvalue weighted by Crippen LogP contribution is -2.47. The highest BCUT2D eigenvalue weighted by molar-refractivity contribution is 6.02. The topological polar surface area (TPSA) is 117 Å². The van der Waals surface area contributed by atoms with Crippen molar-refractivity contribution in [1.82, 2.24) is 15.5 Å². The van der Waals surface area contributed by atoms with E-state index in [-0.39, 0.29) is 37.4 Å². The molecule has 3 N–H and O–H groups in total. The summed E-state index contributed by atoms with van der Waals surface area (Å²) in [5.74, 6) is -0.819. The minimum absolute atomic E-state index is 0.0160. The fraction of sp³-hybridized carbons (Fsp3) is 0.333. The van der Waals surface area contributed by atoms with Gasteiger partial charge in [0.2, 0.25) is 11.8 Å². The SMILES string of the molecule is CC[C@H](C)[C@H](NC(=O)OCc1ccccc1)C(=O)Nc1cccc(CN2C(=O)CNC2=O)c1. The van der Waals surface area contributed by atoms with E-state index in [1.807, 2.05) is 44.2 Å². The lowest BCUT2D eigenvalue weighted by atomic mass is 9.98. The minimum Gasteiger partial charge on any atom is -0.445 e. The zero-order chi connectivity index (χ0) is 23.8. The standard InChI is InChI=1S/C24H28N4O5/c1-3-16(2)21(27-24(32)33-15-17-8-5-4-6-9-17)22(30)26-19-11-7-10-18(12-19)14-28-20(29)13-25-23(28)31/h4-12,16,21H,3,13-15H2,1-2H3,(H,25,31)(H,26,30)(H,27,32)/t16-,21-/m0/s1. The molecular formula is C24H28N4O5. The highest BCUT2D eigenvalue weighted by atomic mass is 16.5. The number of amides is 5. The van der Waals surface area contributed by atoms with Crippen LogP contribution in [0.2, 0.25) is 0 Å². The molecule has 9 heteroatoms. The lowest BCUT2D eigenvalue weighted by Gasteiger charge is -2.23. The van der Waals surface area contributed by atoms with Crippen LogP contribution in [0.5, 0.6) is 0 Å².